The smallest absolute Gasteiger partial charge is 0.266 e. The van der Waals surface area contributed by atoms with Crippen LogP contribution < -0.4 is 10.1 Å². The first-order valence-electron chi connectivity index (χ1n) is 8.27. The molecule has 27 heavy (non-hydrogen) atoms. The van der Waals surface area contributed by atoms with Crippen LogP contribution in [0.15, 0.2) is 54.6 Å². The zero-order valence-electron chi connectivity index (χ0n) is 14.8. The van der Waals surface area contributed by atoms with Crippen molar-refractivity contribution in [2.45, 2.75) is 13.3 Å². The molecule has 6 heteroatoms. The zero-order chi connectivity index (χ0) is 19.8. The molecule has 0 fully saturated rings. The number of nitrogens with zero attached hydrogens (tertiary/aromatic N) is 1. The third-order valence-corrected chi connectivity index (χ3v) is 3.97. The van der Waals surface area contributed by atoms with E-state index in [1.165, 1.54) is 6.08 Å². The first kappa shape index (κ1) is 20.1. The molecule has 2 rings (SSSR count). The second kappa shape index (κ2) is 9.46. The van der Waals surface area contributed by atoms with Gasteiger partial charge in [0.15, 0.2) is 11.5 Å². The summed E-state index contributed by atoms with van der Waals surface area (Å²) in [6.07, 6.45) is 3.50. The van der Waals surface area contributed by atoms with Crippen LogP contribution >= 0.6 is 11.6 Å². The molecule has 0 spiro atoms. The standard InChI is InChI=1S/C21H19ClN2O3/c1-3-7-15-10-14(12-19(20(15)25)27-4-2)11-16(13-23)21(26)24-18-9-6-5-8-17(18)22/h3,5-6,8-12,25H,1,4,7H2,2H3,(H,24,26)/b16-11-. The molecule has 2 aromatic carbocycles. The number of nitrogens with one attached hydrogen (secondary N) is 1. The maximum Gasteiger partial charge on any atom is 0.266 e. The lowest BCUT2D eigenvalue weighted by Gasteiger charge is -2.11. The van der Waals surface area contributed by atoms with Gasteiger partial charge in [-0.05, 0) is 49.2 Å². The molecule has 5 nitrogen and oxygen atoms in total. The van der Waals surface area contributed by atoms with Crippen LogP contribution in [-0.2, 0) is 11.2 Å². The highest BCUT2D eigenvalue weighted by Crippen LogP contribution is 2.33. The van der Waals surface area contributed by atoms with E-state index in [9.17, 15) is 15.2 Å². The highest BCUT2D eigenvalue weighted by atomic mass is 35.5. The Balaban J connectivity index is 2.38. The number of hydrogen-bond acceptors (Lipinski definition) is 4. The number of phenolic OH excluding ortho intramolecular Hbond substituents is 1. The van der Waals surface area contributed by atoms with Crippen molar-refractivity contribution in [1.29, 1.82) is 5.26 Å². The van der Waals surface area contributed by atoms with Gasteiger partial charge in [0.1, 0.15) is 11.6 Å². The van der Waals surface area contributed by atoms with Crippen molar-refractivity contribution in [1.82, 2.24) is 0 Å². The van der Waals surface area contributed by atoms with E-state index in [0.29, 0.717) is 34.9 Å². The maximum absolute atomic E-state index is 12.4. The lowest BCUT2D eigenvalue weighted by molar-refractivity contribution is -0.112. The van der Waals surface area contributed by atoms with E-state index in [1.807, 2.05) is 6.07 Å². The number of carbonyl (C=O) groups excluding carboxylic acids is 1. The van der Waals surface area contributed by atoms with Crippen molar-refractivity contribution < 1.29 is 14.6 Å². The van der Waals surface area contributed by atoms with E-state index in [4.69, 9.17) is 16.3 Å². The van der Waals surface area contributed by atoms with Gasteiger partial charge in [0.25, 0.3) is 5.91 Å². The number of anilines is 1. The van der Waals surface area contributed by atoms with Gasteiger partial charge >= 0.3 is 0 Å². The third kappa shape index (κ3) is 5.13. The second-order valence-electron chi connectivity index (χ2n) is 5.56. The summed E-state index contributed by atoms with van der Waals surface area (Å²) in [4.78, 5) is 12.4. The summed E-state index contributed by atoms with van der Waals surface area (Å²) in [7, 11) is 0. The van der Waals surface area contributed by atoms with E-state index >= 15 is 0 Å². The monoisotopic (exact) mass is 382 g/mol. The summed E-state index contributed by atoms with van der Waals surface area (Å²) in [5, 5.41) is 22.6. The van der Waals surface area contributed by atoms with Gasteiger partial charge in [-0.1, -0.05) is 29.8 Å². The van der Waals surface area contributed by atoms with E-state index < -0.39 is 5.91 Å². The number of phenols is 1. The Labute approximate surface area is 163 Å². The minimum atomic E-state index is -0.582. The average Bonchev–Trinajstić information content (AvgIpc) is 2.65. The van der Waals surface area contributed by atoms with E-state index in [1.54, 1.807) is 49.4 Å². The molecule has 0 saturated heterocycles. The number of allylic oxidation sites excluding steroid dienone is 1. The van der Waals surface area contributed by atoms with Crippen LogP contribution in [0.2, 0.25) is 5.02 Å². The molecule has 0 aromatic heterocycles. The summed E-state index contributed by atoms with van der Waals surface area (Å²) < 4.78 is 5.44. The number of amides is 1. The molecule has 138 valence electrons. The normalized spacial score (nSPS) is 10.8. The highest BCUT2D eigenvalue weighted by molar-refractivity contribution is 6.34. The predicted octanol–water partition coefficient (Wildman–Crippen LogP) is 4.72. The van der Waals surface area contributed by atoms with Crippen LogP contribution in [0.25, 0.3) is 6.08 Å². The third-order valence-electron chi connectivity index (χ3n) is 3.64. The predicted molar refractivity (Wildman–Crippen MR) is 107 cm³/mol. The van der Waals surface area contributed by atoms with Gasteiger partial charge < -0.3 is 15.2 Å². The summed E-state index contributed by atoms with van der Waals surface area (Å²) in [5.41, 5.74) is 1.45. The van der Waals surface area contributed by atoms with Gasteiger partial charge in [0, 0.05) is 5.56 Å². The zero-order valence-corrected chi connectivity index (χ0v) is 15.6. The molecule has 0 aliphatic rings. The number of halogens is 1. The Bertz CT molecular complexity index is 930. The van der Waals surface area contributed by atoms with E-state index in [0.717, 1.165) is 0 Å². The molecule has 2 aromatic rings. The van der Waals surface area contributed by atoms with Crippen molar-refractivity contribution in [3.05, 3.63) is 70.8 Å². The van der Waals surface area contributed by atoms with Crippen LogP contribution in [0.1, 0.15) is 18.1 Å². The maximum atomic E-state index is 12.4. The Kier molecular flexibility index (Phi) is 7.04. The fourth-order valence-electron chi connectivity index (χ4n) is 2.42. The molecule has 0 saturated carbocycles. The highest BCUT2D eigenvalue weighted by Gasteiger charge is 2.14. The number of carbonyl (C=O) groups is 1. The van der Waals surface area contributed by atoms with Crippen molar-refractivity contribution in [2.24, 2.45) is 0 Å². The van der Waals surface area contributed by atoms with Crippen LogP contribution in [0.5, 0.6) is 11.5 Å². The fourth-order valence-corrected chi connectivity index (χ4v) is 2.60. The number of hydrogen-bond donors (Lipinski definition) is 2. The summed E-state index contributed by atoms with van der Waals surface area (Å²) in [6, 6.07) is 11.9. The van der Waals surface area contributed by atoms with Gasteiger partial charge in [-0.2, -0.15) is 5.26 Å². The minimum absolute atomic E-state index is 0.0212. The quantitative estimate of drug-likeness (QED) is 0.412. The summed E-state index contributed by atoms with van der Waals surface area (Å²) in [5.74, 6) is -0.276. The number of rotatable bonds is 7. The van der Waals surface area contributed by atoms with Crippen molar-refractivity contribution in [3.63, 3.8) is 0 Å². The second-order valence-corrected chi connectivity index (χ2v) is 5.96. The number of para-hydroxylation sites is 1. The van der Waals surface area contributed by atoms with E-state index in [2.05, 4.69) is 11.9 Å². The lowest BCUT2D eigenvalue weighted by atomic mass is 10.0. The molecule has 0 aliphatic carbocycles. The number of benzene rings is 2. The van der Waals surface area contributed by atoms with Crippen LogP contribution in [0, 0.1) is 11.3 Å². The number of nitriles is 1. The first-order valence-corrected chi connectivity index (χ1v) is 8.65. The number of aromatic hydroxyl groups is 1. The van der Waals surface area contributed by atoms with E-state index in [-0.39, 0.29) is 17.1 Å². The first-order chi connectivity index (χ1) is 13.0. The van der Waals surface area contributed by atoms with Crippen molar-refractivity contribution >= 4 is 29.3 Å². The topological polar surface area (TPSA) is 82.4 Å². The molecule has 0 bridgehead atoms. The molecule has 2 N–H and O–H groups in total. The molecule has 0 unspecified atom stereocenters. The summed E-state index contributed by atoms with van der Waals surface area (Å²) in [6.45, 7) is 5.83. The Morgan fingerprint density at radius 2 is 2.15 bits per heavy atom. The van der Waals surface area contributed by atoms with Crippen LogP contribution in [-0.4, -0.2) is 17.6 Å². The molecular weight excluding hydrogens is 364 g/mol. The number of ether oxygens (including phenoxy) is 1. The Morgan fingerprint density at radius 1 is 1.41 bits per heavy atom. The molecule has 0 aliphatic heterocycles. The SMILES string of the molecule is C=CCc1cc(/C=C(/C#N)C(=O)Nc2ccccc2Cl)cc(OCC)c1O. The lowest BCUT2D eigenvalue weighted by Crippen LogP contribution is -2.13. The molecule has 1 amide bonds. The van der Waals surface area contributed by atoms with Crippen LogP contribution in [0.3, 0.4) is 0 Å². The largest absolute Gasteiger partial charge is 0.504 e. The molecular formula is C21H19ClN2O3. The average molecular weight is 383 g/mol. The molecule has 0 heterocycles. The molecule has 0 radical (unpaired) electrons. The minimum Gasteiger partial charge on any atom is -0.504 e. The molecule has 0 atom stereocenters. The van der Waals surface area contributed by atoms with Gasteiger partial charge in [-0.25, -0.2) is 0 Å². The van der Waals surface area contributed by atoms with Crippen molar-refractivity contribution in [2.75, 3.05) is 11.9 Å². The van der Waals surface area contributed by atoms with Gasteiger partial charge in [0.05, 0.1) is 17.3 Å². The fraction of sp³-hybridized carbons (Fsp3) is 0.143. The van der Waals surface area contributed by atoms with Crippen LogP contribution in [0.4, 0.5) is 5.69 Å². The summed E-state index contributed by atoms with van der Waals surface area (Å²) >= 11 is 6.03. The van der Waals surface area contributed by atoms with Crippen molar-refractivity contribution in [3.8, 4) is 17.6 Å². The van der Waals surface area contributed by atoms with Gasteiger partial charge in [-0.3, -0.25) is 4.79 Å². The Morgan fingerprint density at radius 3 is 2.78 bits per heavy atom. The van der Waals surface area contributed by atoms with Gasteiger partial charge in [0.2, 0.25) is 0 Å². The van der Waals surface area contributed by atoms with Gasteiger partial charge in [-0.15, -0.1) is 6.58 Å². The Hall–Kier alpha value is -3.23.